The minimum atomic E-state index is -1.76. The molecule has 0 aliphatic carbocycles. The lowest BCUT2D eigenvalue weighted by molar-refractivity contribution is -0.138. The SMILES string of the molecule is O=C(N[C@@H](CCCc1ccccc1)B(O)O)[C@@H](CC(=O)N1CCOCC1)NC(=O)N1CCCC1. The number of nitrogens with one attached hydrogen (secondary N) is 2. The molecule has 0 spiro atoms. The summed E-state index contributed by atoms with van der Waals surface area (Å²) in [6.07, 6.45) is 3.29. The second-order valence-corrected chi connectivity index (χ2v) is 8.80. The van der Waals surface area contributed by atoms with E-state index in [2.05, 4.69) is 10.6 Å². The monoisotopic (exact) mass is 474 g/mol. The lowest BCUT2D eigenvalue weighted by atomic mass is 9.76. The van der Waals surface area contributed by atoms with Gasteiger partial charge in [0.2, 0.25) is 11.8 Å². The van der Waals surface area contributed by atoms with Gasteiger partial charge in [-0.15, -0.1) is 0 Å². The molecule has 2 aliphatic heterocycles. The molecule has 2 atom stereocenters. The number of nitrogens with zero attached hydrogens (tertiary/aromatic N) is 2. The molecule has 0 aromatic heterocycles. The number of ether oxygens (including phenoxy) is 1. The molecule has 0 bridgehead atoms. The van der Waals surface area contributed by atoms with Crippen LogP contribution in [0, 0.1) is 0 Å². The molecule has 2 heterocycles. The molecule has 11 heteroatoms. The number of aryl methyl sites for hydroxylation is 1. The van der Waals surface area contributed by atoms with Crippen molar-refractivity contribution in [3.63, 3.8) is 0 Å². The zero-order chi connectivity index (χ0) is 24.3. The Morgan fingerprint density at radius 1 is 0.971 bits per heavy atom. The van der Waals surface area contributed by atoms with E-state index in [1.54, 1.807) is 9.80 Å². The Morgan fingerprint density at radius 3 is 2.29 bits per heavy atom. The number of amides is 4. The number of hydrogen-bond acceptors (Lipinski definition) is 6. The number of carbonyl (C=O) groups is 3. The molecule has 2 aliphatic rings. The average Bonchev–Trinajstić information content (AvgIpc) is 3.39. The minimum absolute atomic E-state index is 0.205. The summed E-state index contributed by atoms with van der Waals surface area (Å²) in [4.78, 5) is 41.8. The zero-order valence-corrected chi connectivity index (χ0v) is 19.5. The Bertz CT molecular complexity index is 800. The number of likely N-dealkylation sites (tertiary alicyclic amines) is 1. The maximum atomic E-state index is 13.1. The summed E-state index contributed by atoms with van der Waals surface area (Å²) >= 11 is 0. The molecule has 4 amide bonds. The average molecular weight is 474 g/mol. The number of carbonyl (C=O) groups excluding carboxylic acids is 3. The van der Waals surface area contributed by atoms with Crippen molar-refractivity contribution in [1.29, 1.82) is 0 Å². The molecule has 4 N–H and O–H groups in total. The van der Waals surface area contributed by atoms with Gasteiger partial charge in [0.1, 0.15) is 6.04 Å². The summed E-state index contributed by atoms with van der Waals surface area (Å²) in [6, 6.07) is 8.28. The number of morpholine rings is 1. The van der Waals surface area contributed by atoms with Crippen LogP contribution in [0.4, 0.5) is 4.79 Å². The third kappa shape index (κ3) is 8.00. The molecular formula is C23H35BN4O6. The zero-order valence-electron chi connectivity index (χ0n) is 19.5. The van der Waals surface area contributed by atoms with Crippen LogP contribution in [0.15, 0.2) is 30.3 Å². The number of rotatable bonds is 10. The van der Waals surface area contributed by atoms with Crippen LogP contribution in [0.1, 0.15) is 37.7 Å². The smallest absolute Gasteiger partial charge is 0.426 e. The van der Waals surface area contributed by atoms with Crippen LogP contribution in [-0.4, -0.2) is 96.2 Å². The number of benzene rings is 1. The highest BCUT2D eigenvalue weighted by molar-refractivity contribution is 6.43. The highest BCUT2D eigenvalue weighted by Gasteiger charge is 2.33. The Morgan fingerprint density at radius 2 is 1.65 bits per heavy atom. The van der Waals surface area contributed by atoms with Gasteiger partial charge in [-0.3, -0.25) is 9.59 Å². The van der Waals surface area contributed by atoms with Gasteiger partial charge in [0.25, 0.3) is 0 Å². The Labute approximate surface area is 200 Å². The van der Waals surface area contributed by atoms with Crippen LogP contribution >= 0.6 is 0 Å². The minimum Gasteiger partial charge on any atom is -0.426 e. The molecule has 1 aromatic rings. The van der Waals surface area contributed by atoms with Crippen LogP contribution in [0.5, 0.6) is 0 Å². The van der Waals surface area contributed by atoms with E-state index < -0.39 is 31.0 Å². The van der Waals surface area contributed by atoms with Gasteiger partial charge in [0.15, 0.2) is 0 Å². The van der Waals surface area contributed by atoms with Crippen LogP contribution in [0.3, 0.4) is 0 Å². The van der Waals surface area contributed by atoms with Crippen molar-refractivity contribution in [3.8, 4) is 0 Å². The summed E-state index contributed by atoms with van der Waals surface area (Å²) in [6.45, 7) is 2.95. The lowest BCUT2D eigenvalue weighted by Gasteiger charge is -2.29. The highest BCUT2D eigenvalue weighted by Crippen LogP contribution is 2.11. The molecule has 2 saturated heterocycles. The largest absolute Gasteiger partial charge is 0.475 e. The van der Waals surface area contributed by atoms with Crippen molar-refractivity contribution in [1.82, 2.24) is 20.4 Å². The summed E-state index contributed by atoms with van der Waals surface area (Å²) in [7, 11) is -1.76. The first kappa shape index (κ1) is 26.0. The van der Waals surface area contributed by atoms with Gasteiger partial charge in [0.05, 0.1) is 25.6 Å². The van der Waals surface area contributed by atoms with Gasteiger partial charge in [-0.25, -0.2) is 4.79 Å². The van der Waals surface area contributed by atoms with Gasteiger partial charge >= 0.3 is 13.1 Å². The van der Waals surface area contributed by atoms with E-state index in [4.69, 9.17) is 4.74 Å². The van der Waals surface area contributed by atoms with Gasteiger partial charge in [-0.05, 0) is 37.7 Å². The van der Waals surface area contributed by atoms with Crippen molar-refractivity contribution in [2.45, 2.75) is 50.5 Å². The molecule has 3 rings (SSSR count). The van der Waals surface area contributed by atoms with Gasteiger partial charge in [-0.2, -0.15) is 0 Å². The van der Waals surface area contributed by atoms with Crippen LogP contribution in [0.25, 0.3) is 0 Å². The molecule has 0 saturated carbocycles. The summed E-state index contributed by atoms with van der Waals surface area (Å²) in [5.74, 6) is -1.77. The number of hydrogen-bond donors (Lipinski definition) is 4. The number of urea groups is 1. The Hall–Kier alpha value is -2.63. The van der Waals surface area contributed by atoms with Crippen molar-refractivity contribution in [3.05, 3.63) is 35.9 Å². The van der Waals surface area contributed by atoms with Crippen LogP contribution in [0.2, 0.25) is 0 Å². The van der Waals surface area contributed by atoms with Crippen LogP contribution in [-0.2, 0) is 20.7 Å². The topological polar surface area (TPSA) is 131 Å². The van der Waals surface area contributed by atoms with Crippen molar-refractivity contribution in [2.75, 3.05) is 39.4 Å². The van der Waals surface area contributed by atoms with Crippen LogP contribution < -0.4 is 10.6 Å². The maximum Gasteiger partial charge on any atom is 0.475 e. The predicted octanol–water partition coefficient (Wildman–Crippen LogP) is -0.0710. The van der Waals surface area contributed by atoms with E-state index in [0.717, 1.165) is 24.8 Å². The molecule has 1 aromatic carbocycles. The van der Waals surface area contributed by atoms with Crippen molar-refractivity contribution >= 4 is 25.0 Å². The standard InChI is InChI=1S/C23H35BN4O6/c29-21(27-13-15-34-16-14-27)17-19(25-23(31)28-11-4-5-12-28)22(30)26-20(24(32)33)10-6-9-18-7-2-1-3-8-18/h1-3,7-8,19-20,32-33H,4-6,9-17H2,(H,25,31)(H,26,30)/t19-,20+/m1/s1. The Balaban J connectivity index is 1.60. The third-order valence-corrected chi connectivity index (χ3v) is 6.26. The second-order valence-electron chi connectivity index (χ2n) is 8.80. The predicted molar refractivity (Wildman–Crippen MR) is 127 cm³/mol. The molecule has 2 fully saturated rings. The fourth-order valence-corrected chi connectivity index (χ4v) is 4.24. The van der Waals surface area contributed by atoms with Crippen molar-refractivity contribution in [2.24, 2.45) is 0 Å². The lowest BCUT2D eigenvalue weighted by Crippen LogP contribution is -2.57. The van der Waals surface area contributed by atoms with E-state index in [-0.39, 0.29) is 12.3 Å². The molecular weight excluding hydrogens is 439 g/mol. The third-order valence-electron chi connectivity index (χ3n) is 6.26. The highest BCUT2D eigenvalue weighted by atomic mass is 16.5. The van der Waals surface area contributed by atoms with E-state index in [1.165, 1.54) is 0 Å². The maximum absolute atomic E-state index is 13.1. The van der Waals surface area contributed by atoms with Crippen molar-refractivity contribution < 1.29 is 29.2 Å². The van der Waals surface area contributed by atoms with Gasteiger partial charge in [0, 0.05) is 26.2 Å². The second kappa shape index (κ2) is 13.3. The summed E-state index contributed by atoms with van der Waals surface area (Å²) in [5.41, 5.74) is 1.12. The normalized spacial score (nSPS) is 17.7. The first-order valence-electron chi connectivity index (χ1n) is 12.1. The molecule has 0 unspecified atom stereocenters. The fourth-order valence-electron chi connectivity index (χ4n) is 4.24. The first-order valence-corrected chi connectivity index (χ1v) is 12.1. The molecule has 0 radical (unpaired) electrons. The fraction of sp³-hybridized carbons (Fsp3) is 0.609. The summed E-state index contributed by atoms with van der Waals surface area (Å²) in [5, 5.41) is 25.0. The molecule has 34 heavy (non-hydrogen) atoms. The van der Waals surface area contributed by atoms with E-state index >= 15 is 0 Å². The Kier molecular flexibility index (Phi) is 10.2. The molecule has 186 valence electrons. The first-order chi connectivity index (χ1) is 16.4. The van der Waals surface area contributed by atoms with E-state index in [1.807, 2.05) is 30.3 Å². The van der Waals surface area contributed by atoms with E-state index in [9.17, 15) is 24.4 Å². The molecule has 10 nitrogen and oxygen atoms in total. The quantitative estimate of drug-likeness (QED) is 0.351. The van der Waals surface area contributed by atoms with Gasteiger partial charge in [-0.1, -0.05) is 30.3 Å². The van der Waals surface area contributed by atoms with E-state index in [0.29, 0.717) is 52.2 Å². The van der Waals surface area contributed by atoms with Gasteiger partial charge < -0.3 is 35.2 Å². The summed E-state index contributed by atoms with van der Waals surface area (Å²) < 4.78 is 5.28.